The van der Waals surface area contributed by atoms with E-state index in [1.165, 1.54) is 42.1 Å². The summed E-state index contributed by atoms with van der Waals surface area (Å²) in [5.74, 6) is 0. The Kier molecular flexibility index (Phi) is 4.04. The summed E-state index contributed by atoms with van der Waals surface area (Å²) in [7, 11) is 0. The van der Waals surface area contributed by atoms with Gasteiger partial charge in [-0.25, -0.2) is 0 Å². The lowest BCUT2D eigenvalue weighted by Crippen LogP contribution is -2.25. The van der Waals surface area contributed by atoms with Crippen LogP contribution in [0.2, 0.25) is 5.02 Å². The van der Waals surface area contributed by atoms with E-state index in [1.54, 1.807) is 0 Å². The summed E-state index contributed by atoms with van der Waals surface area (Å²) in [6.45, 7) is 5.39. The number of hydrogen-bond acceptors (Lipinski definition) is 1. The number of hydrogen-bond donors (Lipinski definition) is 1. The van der Waals surface area contributed by atoms with Gasteiger partial charge in [-0.2, -0.15) is 0 Å². The highest BCUT2D eigenvalue weighted by Gasteiger charge is 2.16. The van der Waals surface area contributed by atoms with Gasteiger partial charge < -0.3 is 9.88 Å². The second-order valence-corrected chi connectivity index (χ2v) is 6.62. The Bertz CT molecular complexity index is 594. The molecule has 0 radical (unpaired) electrons. The molecule has 1 aromatic carbocycles. The number of benzene rings is 1. The molecule has 1 fully saturated rings. The first kappa shape index (κ1) is 14.0. The van der Waals surface area contributed by atoms with Crippen LogP contribution in [0.15, 0.2) is 24.4 Å². The summed E-state index contributed by atoms with van der Waals surface area (Å²) in [6.07, 6.45) is 7.69. The molecule has 2 aromatic rings. The monoisotopic (exact) mass is 290 g/mol. The maximum absolute atomic E-state index is 6.16. The average Bonchev–Trinajstić information content (AvgIpc) is 3.02. The summed E-state index contributed by atoms with van der Waals surface area (Å²) in [4.78, 5) is 0. The summed E-state index contributed by atoms with van der Waals surface area (Å²) in [6, 6.07) is 7.39. The fraction of sp³-hybridized carbons (Fsp3) is 0.529. The van der Waals surface area contributed by atoms with Crippen LogP contribution >= 0.6 is 11.6 Å². The van der Waals surface area contributed by atoms with Crippen molar-refractivity contribution in [3.05, 3.63) is 35.0 Å². The Morgan fingerprint density at radius 1 is 1.30 bits per heavy atom. The number of nitrogens with one attached hydrogen (secondary N) is 1. The molecule has 0 saturated heterocycles. The summed E-state index contributed by atoms with van der Waals surface area (Å²) in [5, 5.41) is 5.85. The summed E-state index contributed by atoms with van der Waals surface area (Å²) >= 11 is 6.16. The molecule has 0 amide bonds. The van der Waals surface area contributed by atoms with Gasteiger partial charge in [0, 0.05) is 35.2 Å². The first-order valence-corrected chi connectivity index (χ1v) is 8.05. The molecule has 0 spiro atoms. The van der Waals surface area contributed by atoms with E-state index in [-0.39, 0.29) is 0 Å². The van der Waals surface area contributed by atoms with Gasteiger partial charge in [-0.15, -0.1) is 0 Å². The van der Waals surface area contributed by atoms with Crippen LogP contribution in [0.1, 0.15) is 51.1 Å². The lowest BCUT2D eigenvalue weighted by atomic mass is 10.1. The van der Waals surface area contributed by atoms with Crippen LogP contribution in [0.5, 0.6) is 0 Å². The topological polar surface area (TPSA) is 17.0 Å². The van der Waals surface area contributed by atoms with Gasteiger partial charge in [-0.1, -0.05) is 30.5 Å². The molecular weight excluding hydrogens is 268 g/mol. The number of rotatable bonds is 4. The molecule has 1 aliphatic carbocycles. The van der Waals surface area contributed by atoms with Gasteiger partial charge in [0.2, 0.25) is 0 Å². The van der Waals surface area contributed by atoms with Crippen LogP contribution in [0.4, 0.5) is 0 Å². The van der Waals surface area contributed by atoms with E-state index in [4.69, 9.17) is 11.6 Å². The van der Waals surface area contributed by atoms with Crippen molar-refractivity contribution in [1.82, 2.24) is 9.88 Å². The van der Waals surface area contributed by atoms with Gasteiger partial charge in [-0.3, -0.25) is 0 Å². The first-order chi connectivity index (χ1) is 9.65. The van der Waals surface area contributed by atoms with E-state index in [1.807, 2.05) is 6.07 Å². The van der Waals surface area contributed by atoms with E-state index in [0.717, 1.165) is 11.6 Å². The third-order valence-corrected chi connectivity index (χ3v) is 4.61. The van der Waals surface area contributed by atoms with Gasteiger partial charge in [0.1, 0.15) is 0 Å². The van der Waals surface area contributed by atoms with Gasteiger partial charge in [-0.05, 0) is 44.4 Å². The van der Waals surface area contributed by atoms with Crippen LogP contribution in [-0.4, -0.2) is 10.6 Å². The Morgan fingerprint density at radius 2 is 2.05 bits per heavy atom. The fourth-order valence-corrected chi connectivity index (χ4v) is 3.42. The van der Waals surface area contributed by atoms with Crippen molar-refractivity contribution in [2.24, 2.45) is 0 Å². The van der Waals surface area contributed by atoms with Crippen molar-refractivity contribution in [3.63, 3.8) is 0 Å². The summed E-state index contributed by atoms with van der Waals surface area (Å²) < 4.78 is 2.33. The molecule has 20 heavy (non-hydrogen) atoms. The molecule has 0 unspecified atom stereocenters. The molecular formula is C17H23ClN2. The van der Waals surface area contributed by atoms with Gasteiger partial charge in [0.05, 0.1) is 5.52 Å². The molecule has 108 valence electrons. The van der Waals surface area contributed by atoms with E-state index in [0.29, 0.717) is 12.1 Å². The zero-order chi connectivity index (χ0) is 14.1. The van der Waals surface area contributed by atoms with E-state index in [2.05, 4.69) is 42.1 Å². The normalized spacial score (nSPS) is 16.6. The molecule has 1 aliphatic rings. The van der Waals surface area contributed by atoms with Crippen molar-refractivity contribution < 1.29 is 0 Å². The number of fused-ring (bicyclic) bond motifs is 1. The van der Waals surface area contributed by atoms with Gasteiger partial charge in [0.25, 0.3) is 0 Å². The number of halogens is 1. The van der Waals surface area contributed by atoms with Crippen molar-refractivity contribution in [1.29, 1.82) is 0 Å². The average molecular weight is 291 g/mol. The lowest BCUT2D eigenvalue weighted by Gasteiger charge is -2.11. The van der Waals surface area contributed by atoms with Crippen LogP contribution in [-0.2, 0) is 6.54 Å². The van der Waals surface area contributed by atoms with E-state index >= 15 is 0 Å². The highest BCUT2D eigenvalue weighted by Crippen LogP contribution is 2.28. The molecule has 3 heteroatoms. The quantitative estimate of drug-likeness (QED) is 0.847. The van der Waals surface area contributed by atoms with E-state index < -0.39 is 0 Å². The van der Waals surface area contributed by atoms with Crippen molar-refractivity contribution in [3.8, 4) is 0 Å². The Hall–Kier alpha value is -0.990. The maximum Gasteiger partial charge on any atom is 0.0501 e. The fourth-order valence-electron chi connectivity index (χ4n) is 3.25. The molecule has 0 bridgehead atoms. The Labute approximate surface area is 126 Å². The van der Waals surface area contributed by atoms with Gasteiger partial charge >= 0.3 is 0 Å². The molecule has 0 aliphatic heterocycles. The second kappa shape index (κ2) is 5.79. The standard InChI is InChI=1S/C17H23ClN2/c1-12(2)20-11-13(10-19-15-5-3-4-6-15)16-8-7-14(18)9-17(16)20/h7-9,11-12,15,19H,3-6,10H2,1-2H3. The number of aromatic nitrogens is 1. The maximum atomic E-state index is 6.16. The van der Waals surface area contributed by atoms with Crippen LogP contribution in [0.3, 0.4) is 0 Å². The third kappa shape index (κ3) is 2.72. The van der Waals surface area contributed by atoms with E-state index in [9.17, 15) is 0 Å². The SMILES string of the molecule is CC(C)n1cc(CNC2CCCC2)c2ccc(Cl)cc21. The third-order valence-electron chi connectivity index (χ3n) is 4.37. The molecule has 1 heterocycles. The molecule has 1 N–H and O–H groups in total. The molecule has 3 rings (SSSR count). The van der Waals surface area contributed by atoms with Crippen LogP contribution in [0, 0.1) is 0 Å². The Morgan fingerprint density at radius 3 is 2.75 bits per heavy atom. The Balaban J connectivity index is 1.89. The van der Waals surface area contributed by atoms with Crippen molar-refractivity contribution >= 4 is 22.5 Å². The molecule has 1 aromatic heterocycles. The zero-order valence-corrected chi connectivity index (χ0v) is 13.1. The van der Waals surface area contributed by atoms with Crippen molar-refractivity contribution in [2.45, 2.75) is 58.2 Å². The minimum atomic E-state index is 0.455. The predicted molar refractivity (Wildman–Crippen MR) is 86.4 cm³/mol. The van der Waals surface area contributed by atoms with Gasteiger partial charge in [0.15, 0.2) is 0 Å². The smallest absolute Gasteiger partial charge is 0.0501 e. The minimum absolute atomic E-state index is 0.455. The zero-order valence-electron chi connectivity index (χ0n) is 12.3. The first-order valence-electron chi connectivity index (χ1n) is 7.67. The lowest BCUT2D eigenvalue weighted by molar-refractivity contribution is 0.523. The highest BCUT2D eigenvalue weighted by molar-refractivity contribution is 6.31. The largest absolute Gasteiger partial charge is 0.345 e. The molecule has 2 nitrogen and oxygen atoms in total. The number of nitrogens with zero attached hydrogens (tertiary/aromatic N) is 1. The molecule has 0 atom stereocenters. The molecule has 1 saturated carbocycles. The van der Waals surface area contributed by atoms with Crippen molar-refractivity contribution in [2.75, 3.05) is 0 Å². The predicted octanol–water partition coefficient (Wildman–Crippen LogP) is 4.91. The highest BCUT2D eigenvalue weighted by atomic mass is 35.5. The van der Waals surface area contributed by atoms with Crippen LogP contribution < -0.4 is 5.32 Å². The minimum Gasteiger partial charge on any atom is -0.345 e. The second-order valence-electron chi connectivity index (χ2n) is 6.18. The summed E-state index contributed by atoms with van der Waals surface area (Å²) in [5.41, 5.74) is 2.63. The van der Waals surface area contributed by atoms with Crippen LogP contribution in [0.25, 0.3) is 10.9 Å².